The molecule has 0 atom stereocenters. The summed E-state index contributed by atoms with van der Waals surface area (Å²) < 4.78 is 7.62. The maximum Gasteiger partial charge on any atom is 0.191 e. The first-order valence-electron chi connectivity index (χ1n) is 10.2. The molecule has 1 aromatic heterocycles. The molecule has 0 bridgehead atoms. The van der Waals surface area contributed by atoms with Crippen LogP contribution in [0.25, 0.3) is 0 Å². The lowest BCUT2D eigenvalue weighted by Crippen LogP contribution is -2.44. The third-order valence-corrected chi connectivity index (χ3v) is 4.91. The molecule has 8 heteroatoms. The Hall–Kier alpha value is -0.900. The molecule has 2 N–H and O–H groups in total. The van der Waals surface area contributed by atoms with E-state index < -0.39 is 0 Å². The molecule has 0 aromatic carbocycles. The van der Waals surface area contributed by atoms with Crippen LogP contribution >= 0.6 is 24.0 Å². The van der Waals surface area contributed by atoms with Crippen LogP contribution in [0, 0.1) is 6.92 Å². The lowest BCUT2D eigenvalue weighted by Gasteiger charge is -2.25. The highest BCUT2D eigenvalue weighted by molar-refractivity contribution is 14.0. The van der Waals surface area contributed by atoms with Crippen molar-refractivity contribution in [2.75, 3.05) is 19.8 Å². The standard InChI is InChI=1S/C19H36N6O.HI/c1-4-5-13-26-14-9-12-20-19(22-17-10-7-6-8-11-17)21-15-18-24-23-16(2)25(18)3;/h17H,4-15H2,1-3H3,(H2,20,21,22);1H. The molecular formula is C19H37IN6O. The smallest absolute Gasteiger partial charge is 0.191 e. The maximum absolute atomic E-state index is 5.63. The van der Waals surface area contributed by atoms with E-state index in [0.717, 1.165) is 50.2 Å². The summed E-state index contributed by atoms with van der Waals surface area (Å²) in [5, 5.41) is 15.4. The second kappa shape index (κ2) is 14.1. The normalized spacial score (nSPS) is 15.4. The molecule has 0 spiro atoms. The molecule has 0 amide bonds. The molecule has 1 aliphatic rings. The molecule has 1 saturated carbocycles. The fourth-order valence-corrected chi connectivity index (χ4v) is 3.06. The van der Waals surface area contributed by atoms with E-state index in [1.165, 1.54) is 38.5 Å². The van der Waals surface area contributed by atoms with E-state index in [4.69, 9.17) is 9.73 Å². The average molecular weight is 492 g/mol. The Morgan fingerprint density at radius 1 is 1.19 bits per heavy atom. The van der Waals surface area contributed by atoms with E-state index in [9.17, 15) is 0 Å². The van der Waals surface area contributed by atoms with Crippen LogP contribution in [-0.2, 0) is 18.3 Å². The van der Waals surface area contributed by atoms with Gasteiger partial charge in [-0.15, -0.1) is 34.2 Å². The van der Waals surface area contributed by atoms with Gasteiger partial charge in [-0.05, 0) is 32.6 Å². The van der Waals surface area contributed by atoms with Crippen LogP contribution in [0.5, 0.6) is 0 Å². The topological polar surface area (TPSA) is 76.4 Å². The Kier molecular flexibility index (Phi) is 12.6. The van der Waals surface area contributed by atoms with E-state index >= 15 is 0 Å². The highest BCUT2D eigenvalue weighted by atomic mass is 127. The molecule has 27 heavy (non-hydrogen) atoms. The van der Waals surface area contributed by atoms with Crippen LogP contribution in [0.1, 0.15) is 69.9 Å². The molecule has 7 nitrogen and oxygen atoms in total. The number of aromatic nitrogens is 3. The molecule has 156 valence electrons. The largest absolute Gasteiger partial charge is 0.381 e. The van der Waals surface area contributed by atoms with E-state index in [2.05, 4.69) is 27.8 Å². The van der Waals surface area contributed by atoms with Crippen LogP contribution in [-0.4, -0.2) is 46.5 Å². The van der Waals surface area contributed by atoms with Crippen molar-refractivity contribution in [3.05, 3.63) is 11.6 Å². The quantitative estimate of drug-likeness (QED) is 0.227. The molecule has 2 rings (SSSR count). The van der Waals surface area contributed by atoms with Crippen molar-refractivity contribution in [1.29, 1.82) is 0 Å². The molecule has 1 aliphatic carbocycles. The lowest BCUT2D eigenvalue weighted by molar-refractivity contribution is 0.129. The van der Waals surface area contributed by atoms with Crippen LogP contribution < -0.4 is 10.6 Å². The van der Waals surface area contributed by atoms with Crippen LogP contribution in [0.4, 0.5) is 0 Å². The van der Waals surface area contributed by atoms with E-state index in [0.29, 0.717) is 12.6 Å². The molecule has 0 saturated heterocycles. The number of aryl methyl sites for hydroxylation is 1. The Balaban J connectivity index is 0.00000364. The molecule has 1 fully saturated rings. The van der Waals surface area contributed by atoms with Crippen molar-refractivity contribution < 1.29 is 4.74 Å². The van der Waals surface area contributed by atoms with Crippen LogP contribution in [0.3, 0.4) is 0 Å². The molecule has 1 aromatic rings. The van der Waals surface area contributed by atoms with E-state index in [1.807, 2.05) is 18.5 Å². The zero-order valence-corrected chi connectivity index (χ0v) is 19.5. The van der Waals surface area contributed by atoms with Crippen molar-refractivity contribution in [2.45, 2.75) is 77.8 Å². The van der Waals surface area contributed by atoms with Gasteiger partial charge in [-0.3, -0.25) is 0 Å². The van der Waals surface area contributed by atoms with Gasteiger partial charge in [0.15, 0.2) is 11.8 Å². The molecule has 1 heterocycles. The fraction of sp³-hybridized carbons (Fsp3) is 0.842. The number of hydrogen-bond acceptors (Lipinski definition) is 4. The number of nitrogens with one attached hydrogen (secondary N) is 2. The summed E-state index contributed by atoms with van der Waals surface area (Å²) in [6, 6.07) is 0.525. The molecule has 0 aliphatic heterocycles. The second-order valence-corrected chi connectivity index (χ2v) is 7.11. The number of guanidine groups is 1. The minimum Gasteiger partial charge on any atom is -0.381 e. The highest BCUT2D eigenvalue weighted by Gasteiger charge is 2.15. The van der Waals surface area contributed by atoms with E-state index in [-0.39, 0.29) is 24.0 Å². The van der Waals surface area contributed by atoms with Gasteiger partial charge in [-0.2, -0.15) is 0 Å². The summed E-state index contributed by atoms with van der Waals surface area (Å²) in [7, 11) is 1.98. The minimum absolute atomic E-state index is 0. The lowest BCUT2D eigenvalue weighted by atomic mass is 9.96. The number of aliphatic imine (C=N–C) groups is 1. The number of nitrogens with zero attached hydrogens (tertiary/aromatic N) is 4. The predicted octanol–water partition coefficient (Wildman–Crippen LogP) is 3.32. The van der Waals surface area contributed by atoms with Gasteiger partial charge >= 0.3 is 0 Å². The Bertz CT molecular complexity index is 542. The Labute approximate surface area is 181 Å². The minimum atomic E-state index is 0. The van der Waals surface area contributed by atoms with Crippen molar-refractivity contribution in [3.63, 3.8) is 0 Å². The van der Waals surface area contributed by atoms with Gasteiger partial charge in [-0.25, -0.2) is 4.99 Å². The third-order valence-electron chi connectivity index (χ3n) is 4.91. The summed E-state index contributed by atoms with van der Waals surface area (Å²) in [4.78, 5) is 4.74. The first-order valence-corrected chi connectivity index (χ1v) is 10.2. The van der Waals surface area contributed by atoms with Gasteiger partial charge in [0.2, 0.25) is 0 Å². The van der Waals surface area contributed by atoms with Gasteiger partial charge in [-0.1, -0.05) is 32.6 Å². The van der Waals surface area contributed by atoms with Crippen LogP contribution in [0.15, 0.2) is 4.99 Å². The van der Waals surface area contributed by atoms with Gasteiger partial charge in [0.1, 0.15) is 12.4 Å². The predicted molar refractivity (Wildman–Crippen MR) is 121 cm³/mol. The number of unbranched alkanes of at least 4 members (excludes halogenated alkanes) is 1. The maximum atomic E-state index is 5.63. The molecule has 0 radical (unpaired) electrons. The van der Waals surface area contributed by atoms with Crippen LogP contribution in [0.2, 0.25) is 0 Å². The Morgan fingerprint density at radius 2 is 1.93 bits per heavy atom. The summed E-state index contributed by atoms with van der Waals surface area (Å²) in [6.45, 7) is 7.20. The highest BCUT2D eigenvalue weighted by Crippen LogP contribution is 2.17. The first kappa shape index (κ1) is 24.1. The first-order chi connectivity index (χ1) is 12.7. The number of rotatable bonds is 10. The van der Waals surface area contributed by atoms with E-state index in [1.54, 1.807) is 0 Å². The van der Waals surface area contributed by atoms with Gasteiger partial charge in [0, 0.05) is 32.8 Å². The summed E-state index contributed by atoms with van der Waals surface area (Å²) in [5.41, 5.74) is 0. The second-order valence-electron chi connectivity index (χ2n) is 7.11. The summed E-state index contributed by atoms with van der Waals surface area (Å²) in [6.07, 6.45) is 9.72. The van der Waals surface area contributed by atoms with Crippen molar-refractivity contribution in [2.24, 2.45) is 12.0 Å². The molecule has 0 unspecified atom stereocenters. The number of ether oxygens (including phenoxy) is 1. The zero-order valence-electron chi connectivity index (χ0n) is 17.2. The summed E-state index contributed by atoms with van der Waals surface area (Å²) >= 11 is 0. The summed E-state index contributed by atoms with van der Waals surface area (Å²) in [5.74, 6) is 2.68. The van der Waals surface area contributed by atoms with Crippen molar-refractivity contribution in [3.8, 4) is 0 Å². The average Bonchev–Trinajstić information content (AvgIpc) is 2.98. The van der Waals surface area contributed by atoms with Gasteiger partial charge < -0.3 is 19.9 Å². The van der Waals surface area contributed by atoms with Crippen molar-refractivity contribution >= 4 is 29.9 Å². The number of halogens is 1. The zero-order chi connectivity index (χ0) is 18.6. The molecular weight excluding hydrogens is 455 g/mol. The number of hydrogen-bond donors (Lipinski definition) is 2. The van der Waals surface area contributed by atoms with Gasteiger partial charge in [0.05, 0.1) is 0 Å². The van der Waals surface area contributed by atoms with Gasteiger partial charge in [0.25, 0.3) is 0 Å². The SMILES string of the molecule is CCCCOCCCNC(=NCc1nnc(C)n1C)NC1CCCCC1.I. The Morgan fingerprint density at radius 3 is 2.59 bits per heavy atom. The van der Waals surface area contributed by atoms with Crippen molar-refractivity contribution in [1.82, 2.24) is 25.4 Å². The third kappa shape index (κ3) is 9.23. The monoisotopic (exact) mass is 492 g/mol. The fourth-order valence-electron chi connectivity index (χ4n) is 3.06.